The summed E-state index contributed by atoms with van der Waals surface area (Å²) in [7, 11) is 0.811. The minimum atomic E-state index is 0.182. The number of allylic oxidation sites excluding steroid dienone is 7. The van der Waals surface area contributed by atoms with Crippen molar-refractivity contribution < 1.29 is 0 Å². The average Bonchev–Trinajstić information content (AvgIpc) is 3.40. The molecule has 0 saturated carbocycles. The zero-order chi connectivity index (χ0) is 24.2. The fraction of sp³-hybridized carbons (Fsp3) is 0.375. The molecule has 2 atom stereocenters. The number of hydrogen-bond donors (Lipinski definition) is 0. The van der Waals surface area contributed by atoms with Crippen molar-refractivity contribution in [3.05, 3.63) is 97.0 Å². The molecule has 0 N–H and O–H groups in total. The normalized spacial score (nSPS) is 21.7. The molecular weight excluding hydrogens is 445 g/mol. The van der Waals surface area contributed by atoms with Gasteiger partial charge in [0.1, 0.15) is 0 Å². The van der Waals surface area contributed by atoms with Crippen LogP contribution in [0.15, 0.2) is 80.3 Å². The van der Waals surface area contributed by atoms with Gasteiger partial charge in [-0.2, -0.15) is 0 Å². The first-order valence-corrected chi connectivity index (χ1v) is 14.6. The molecule has 0 bridgehead atoms. The third-order valence-electron chi connectivity index (χ3n) is 7.74. The van der Waals surface area contributed by atoms with Crippen molar-refractivity contribution >= 4 is 27.4 Å². The third kappa shape index (κ3) is 4.03. The van der Waals surface area contributed by atoms with E-state index in [1.807, 2.05) is 11.8 Å². The molecule has 174 valence electrons. The van der Waals surface area contributed by atoms with E-state index in [0.717, 1.165) is 9.52 Å². The second-order valence-corrected chi connectivity index (χ2v) is 13.8. The molecule has 5 rings (SSSR count). The Bertz CT molecular complexity index is 1260. The van der Waals surface area contributed by atoms with Crippen LogP contribution in [0.5, 0.6) is 0 Å². The number of hydrogen-bond acceptors (Lipinski definition) is 1. The van der Waals surface area contributed by atoms with Crippen molar-refractivity contribution in [3.63, 3.8) is 0 Å². The summed E-state index contributed by atoms with van der Waals surface area (Å²) >= 11 is 2.00. The summed E-state index contributed by atoms with van der Waals surface area (Å²) < 4.78 is 0. The van der Waals surface area contributed by atoms with Gasteiger partial charge in [-0.15, -0.1) is 0 Å². The molecule has 2 radical (unpaired) electrons. The summed E-state index contributed by atoms with van der Waals surface area (Å²) in [5, 5.41) is 1.60. The van der Waals surface area contributed by atoms with Gasteiger partial charge >= 0.3 is 0 Å². The Labute approximate surface area is 213 Å². The first kappa shape index (κ1) is 23.7. The first-order valence-electron chi connectivity index (χ1n) is 12.7. The van der Waals surface area contributed by atoms with E-state index >= 15 is 0 Å². The second-order valence-electron chi connectivity index (χ2n) is 11.1. The fourth-order valence-corrected chi connectivity index (χ4v) is 8.78. The fourth-order valence-electron chi connectivity index (χ4n) is 5.65. The molecule has 0 spiro atoms. The van der Waals surface area contributed by atoms with E-state index in [0.29, 0.717) is 11.5 Å². The number of benzene rings is 2. The molecule has 1 aliphatic heterocycles. The topological polar surface area (TPSA) is 0 Å². The molecule has 0 saturated heterocycles. The number of rotatable bonds is 5. The Morgan fingerprint density at radius 3 is 2.29 bits per heavy atom. The molecule has 2 aromatic rings. The van der Waals surface area contributed by atoms with E-state index in [9.17, 15) is 0 Å². The van der Waals surface area contributed by atoms with Gasteiger partial charge < -0.3 is 0 Å². The van der Waals surface area contributed by atoms with Crippen LogP contribution in [-0.4, -0.2) is 9.52 Å². The molecule has 2 unspecified atom stereocenters. The third-order valence-corrected chi connectivity index (χ3v) is 10.8. The quantitative estimate of drug-likeness (QED) is 0.384. The van der Waals surface area contributed by atoms with Crippen LogP contribution in [0, 0.1) is 5.92 Å². The minimum absolute atomic E-state index is 0.182. The Morgan fingerprint density at radius 1 is 0.912 bits per heavy atom. The van der Waals surface area contributed by atoms with Gasteiger partial charge in [0.05, 0.1) is 9.52 Å². The lowest BCUT2D eigenvalue weighted by Crippen LogP contribution is -2.12. The molecule has 3 aliphatic rings. The first-order chi connectivity index (χ1) is 16.2. The Balaban J connectivity index is 1.51. The number of thioether (sulfide) groups is 1. The highest BCUT2D eigenvalue weighted by molar-refractivity contribution is 8.07. The standard InChI is InChI=1S/C32H36SSi/c1-8-10-23-17-27-25(22-13-15-24(16-14-22)32(5,6)7)11-9-12-26(27)31(23)34-29-18-28-30(20(29)3)19(2)21(4)33-28/h9,11-18,30-31H,8,10H2,1-7H3. The van der Waals surface area contributed by atoms with E-state index in [4.69, 9.17) is 0 Å². The van der Waals surface area contributed by atoms with Crippen molar-refractivity contribution in [1.82, 2.24) is 0 Å². The molecule has 34 heavy (non-hydrogen) atoms. The highest BCUT2D eigenvalue weighted by Crippen LogP contribution is 2.53. The molecule has 0 fully saturated rings. The van der Waals surface area contributed by atoms with Crippen LogP contribution in [0.25, 0.3) is 17.2 Å². The highest BCUT2D eigenvalue weighted by Gasteiger charge is 2.35. The predicted molar refractivity (Wildman–Crippen MR) is 152 cm³/mol. The zero-order valence-corrected chi connectivity index (χ0v) is 23.5. The van der Waals surface area contributed by atoms with Crippen LogP contribution in [0.1, 0.15) is 83.5 Å². The lowest BCUT2D eigenvalue weighted by Gasteiger charge is -2.20. The van der Waals surface area contributed by atoms with Gasteiger partial charge in [-0.25, -0.2) is 0 Å². The van der Waals surface area contributed by atoms with Crippen molar-refractivity contribution in [2.24, 2.45) is 5.92 Å². The van der Waals surface area contributed by atoms with Crippen molar-refractivity contribution in [2.75, 3.05) is 0 Å². The van der Waals surface area contributed by atoms with E-state index in [2.05, 4.69) is 103 Å². The molecule has 2 aliphatic carbocycles. The van der Waals surface area contributed by atoms with Gasteiger partial charge in [-0.3, -0.25) is 0 Å². The lowest BCUT2D eigenvalue weighted by molar-refractivity contribution is 0.590. The summed E-state index contributed by atoms with van der Waals surface area (Å²) in [6.07, 6.45) is 7.45. The smallest absolute Gasteiger partial charge is 0.0944 e. The molecule has 2 heteroatoms. The van der Waals surface area contributed by atoms with E-state index in [1.165, 1.54) is 45.6 Å². The second kappa shape index (κ2) is 8.88. The van der Waals surface area contributed by atoms with Crippen LogP contribution < -0.4 is 0 Å². The summed E-state index contributed by atoms with van der Waals surface area (Å²) in [4.78, 5) is 3.06. The molecule has 0 aromatic heterocycles. The van der Waals surface area contributed by atoms with Crippen molar-refractivity contribution in [3.8, 4) is 11.1 Å². The van der Waals surface area contributed by atoms with Crippen molar-refractivity contribution in [2.45, 2.75) is 72.3 Å². The van der Waals surface area contributed by atoms with E-state index < -0.39 is 0 Å². The maximum atomic E-state index is 2.53. The van der Waals surface area contributed by atoms with Gasteiger partial charge in [-0.05, 0) is 65.3 Å². The molecule has 0 amide bonds. The minimum Gasteiger partial charge on any atom is -0.0983 e. The maximum absolute atomic E-state index is 2.53. The molecule has 1 heterocycles. The SMILES string of the molecule is CCCC1=Cc2c(-c3ccc(C(C)(C)C)cc3)cccc2C1[Si]C1=C(C)C2C(=C1)SC(C)=C2C. The largest absolute Gasteiger partial charge is 0.0983 e. The summed E-state index contributed by atoms with van der Waals surface area (Å²) in [5.41, 5.74) is 12.6. The zero-order valence-electron chi connectivity index (χ0n) is 21.7. The molecular formula is C32H36SSi. The molecule has 2 aromatic carbocycles. The van der Waals surface area contributed by atoms with Gasteiger partial charge in [0, 0.05) is 16.4 Å². The number of fused-ring (bicyclic) bond motifs is 2. The van der Waals surface area contributed by atoms with Gasteiger partial charge in [0.15, 0.2) is 0 Å². The van der Waals surface area contributed by atoms with Crippen molar-refractivity contribution in [1.29, 1.82) is 0 Å². The van der Waals surface area contributed by atoms with Crippen LogP contribution in [0.4, 0.5) is 0 Å². The summed E-state index contributed by atoms with van der Waals surface area (Å²) in [5.74, 6) is 0.555. The van der Waals surface area contributed by atoms with Gasteiger partial charge in [0.25, 0.3) is 0 Å². The van der Waals surface area contributed by atoms with Gasteiger partial charge in [-0.1, -0.05) is 122 Å². The Hall–Kier alpha value is -2.03. The lowest BCUT2D eigenvalue weighted by atomic mass is 9.86. The maximum Gasteiger partial charge on any atom is 0.0944 e. The van der Waals surface area contributed by atoms with E-state index in [1.54, 1.807) is 26.8 Å². The summed E-state index contributed by atoms with van der Waals surface area (Å²) in [6.45, 7) is 16.2. The monoisotopic (exact) mass is 480 g/mol. The summed E-state index contributed by atoms with van der Waals surface area (Å²) in [6, 6.07) is 16.3. The van der Waals surface area contributed by atoms with Gasteiger partial charge in [0.2, 0.25) is 0 Å². The molecule has 0 nitrogen and oxygen atoms in total. The van der Waals surface area contributed by atoms with Crippen LogP contribution in [0.2, 0.25) is 0 Å². The predicted octanol–water partition coefficient (Wildman–Crippen LogP) is 9.42. The average molecular weight is 481 g/mol. The Kier molecular flexibility index (Phi) is 6.19. The highest BCUT2D eigenvalue weighted by atomic mass is 32.2. The van der Waals surface area contributed by atoms with Crippen LogP contribution in [-0.2, 0) is 5.41 Å². The van der Waals surface area contributed by atoms with Crippen LogP contribution >= 0.6 is 11.8 Å². The Morgan fingerprint density at radius 2 is 1.65 bits per heavy atom. The van der Waals surface area contributed by atoms with Crippen LogP contribution in [0.3, 0.4) is 0 Å². The van der Waals surface area contributed by atoms with E-state index in [-0.39, 0.29) is 5.41 Å².